The van der Waals surface area contributed by atoms with Gasteiger partial charge < -0.3 is 18.9 Å². The van der Waals surface area contributed by atoms with E-state index in [4.69, 9.17) is 18.9 Å². The third-order valence-electron chi connectivity index (χ3n) is 4.04. The van der Waals surface area contributed by atoms with Crippen molar-refractivity contribution in [2.24, 2.45) is 0 Å². The lowest BCUT2D eigenvalue weighted by atomic mass is 10.1. The Balaban J connectivity index is 0.000000884. The third kappa shape index (κ3) is 10.3. The maximum absolute atomic E-state index is 11.1. The van der Waals surface area contributed by atoms with E-state index in [2.05, 4.69) is 18.8 Å². The number of nitrogens with zero attached hydrogens (tertiary/aromatic N) is 1. The number of rotatable bonds is 10. The topological polar surface area (TPSA) is 66.9 Å². The minimum Gasteiger partial charge on any atom is -0.493 e. The van der Waals surface area contributed by atoms with E-state index in [1.165, 1.54) is 6.42 Å². The third-order valence-corrected chi connectivity index (χ3v) is 4.84. The van der Waals surface area contributed by atoms with Gasteiger partial charge in [-0.15, -0.1) is 11.3 Å². The molecule has 0 aliphatic carbocycles. The number of hydrogen-bond acceptors (Lipinski definition) is 7. The minimum atomic E-state index is -0.140. The van der Waals surface area contributed by atoms with Gasteiger partial charge in [-0.05, 0) is 24.1 Å². The van der Waals surface area contributed by atoms with E-state index >= 15 is 0 Å². The van der Waals surface area contributed by atoms with Crippen LogP contribution >= 0.6 is 11.3 Å². The van der Waals surface area contributed by atoms with Gasteiger partial charge in [0.15, 0.2) is 0 Å². The highest BCUT2D eigenvalue weighted by atomic mass is 32.1. The monoisotopic (exact) mass is 451 g/mol. The molecule has 2 aromatic rings. The van der Waals surface area contributed by atoms with Crippen LogP contribution in [-0.4, -0.2) is 44.0 Å². The van der Waals surface area contributed by atoms with Crippen LogP contribution in [0.25, 0.3) is 10.4 Å². The van der Waals surface area contributed by atoms with Crippen LogP contribution in [0.1, 0.15) is 58.9 Å². The lowest BCUT2D eigenvalue weighted by molar-refractivity contribution is -0.143. The number of hydrogen-bond donors (Lipinski definition) is 0. The summed E-state index contributed by atoms with van der Waals surface area (Å²) in [5.41, 5.74) is 3.85. The normalized spacial score (nSPS) is 14.7. The number of esters is 1. The number of carbonyl (C=O) groups excluding carboxylic acids is 1. The van der Waals surface area contributed by atoms with Gasteiger partial charge in [0, 0.05) is 38.3 Å². The molecule has 1 aliphatic heterocycles. The molecule has 1 aromatic carbocycles. The van der Waals surface area contributed by atoms with Gasteiger partial charge in [-0.3, -0.25) is 9.78 Å². The second-order valence-corrected chi connectivity index (χ2v) is 7.65. The predicted octanol–water partition coefficient (Wildman–Crippen LogP) is 5.89. The van der Waals surface area contributed by atoms with Crippen molar-refractivity contribution in [3.05, 3.63) is 35.5 Å². The maximum atomic E-state index is 11.1. The van der Waals surface area contributed by atoms with E-state index in [0.717, 1.165) is 34.6 Å². The zero-order valence-corrected chi connectivity index (χ0v) is 20.3. The van der Waals surface area contributed by atoms with Gasteiger partial charge >= 0.3 is 5.97 Å². The van der Waals surface area contributed by atoms with Crippen LogP contribution in [0.4, 0.5) is 0 Å². The van der Waals surface area contributed by atoms with Gasteiger partial charge in [0.1, 0.15) is 11.9 Å². The van der Waals surface area contributed by atoms with Gasteiger partial charge in [0.25, 0.3) is 0 Å². The molecule has 1 atom stereocenters. The van der Waals surface area contributed by atoms with Crippen LogP contribution in [0.15, 0.2) is 29.9 Å². The van der Waals surface area contributed by atoms with Crippen molar-refractivity contribution in [1.29, 1.82) is 0 Å². The predicted molar refractivity (Wildman–Crippen MR) is 126 cm³/mol. The summed E-state index contributed by atoms with van der Waals surface area (Å²) in [5, 5.41) is 0. The highest BCUT2D eigenvalue weighted by Gasteiger charge is 2.23. The van der Waals surface area contributed by atoms with Crippen LogP contribution in [0.3, 0.4) is 0 Å². The van der Waals surface area contributed by atoms with Crippen molar-refractivity contribution < 1.29 is 23.7 Å². The van der Waals surface area contributed by atoms with Crippen LogP contribution in [0, 0.1) is 0 Å². The zero-order chi connectivity index (χ0) is 22.9. The molecule has 3 rings (SSSR count). The minimum absolute atomic E-state index is 0.122. The Labute approximate surface area is 190 Å². The SMILES string of the molecule is CC.CCC.COCCCOc1cc(COCC2CCC(=O)O2)ccc1-c1cncs1. The summed E-state index contributed by atoms with van der Waals surface area (Å²) < 4.78 is 21.9. The summed E-state index contributed by atoms with van der Waals surface area (Å²) in [5.74, 6) is 0.679. The van der Waals surface area contributed by atoms with Crippen LogP contribution in [-0.2, 0) is 25.6 Å². The van der Waals surface area contributed by atoms with Crippen LogP contribution in [0.5, 0.6) is 5.75 Å². The van der Waals surface area contributed by atoms with E-state index < -0.39 is 0 Å². The molecule has 1 saturated heterocycles. The molecule has 1 unspecified atom stereocenters. The highest BCUT2D eigenvalue weighted by Crippen LogP contribution is 2.33. The summed E-state index contributed by atoms with van der Waals surface area (Å²) in [4.78, 5) is 16.3. The molecular formula is C24H37NO5S. The number of cyclic esters (lactones) is 1. The summed E-state index contributed by atoms with van der Waals surface area (Å²) in [6, 6.07) is 6.06. The van der Waals surface area contributed by atoms with Crippen LogP contribution < -0.4 is 4.74 Å². The average molecular weight is 452 g/mol. The van der Waals surface area contributed by atoms with Gasteiger partial charge in [0.2, 0.25) is 0 Å². The summed E-state index contributed by atoms with van der Waals surface area (Å²) in [6.45, 7) is 10.4. The Hall–Kier alpha value is -1.96. The molecule has 7 heteroatoms. The second kappa shape index (κ2) is 16.7. The molecule has 0 spiro atoms. The van der Waals surface area contributed by atoms with E-state index in [1.54, 1.807) is 18.4 Å². The van der Waals surface area contributed by atoms with Gasteiger partial charge in [0.05, 0.1) is 30.2 Å². The summed E-state index contributed by atoms with van der Waals surface area (Å²) >= 11 is 1.58. The molecule has 0 N–H and O–H groups in total. The maximum Gasteiger partial charge on any atom is 0.306 e. The molecule has 2 heterocycles. The number of ether oxygens (including phenoxy) is 4. The van der Waals surface area contributed by atoms with E-state index in [9.17, 15) is 4.79 Å². The Morgan fingerprint density at radius 2 is 2.00 bits per heavy atom. The Morgan fingerprint density at radius 3 is 2.61 bits per heavy atom. The smallest absolute Gasteiger partial charge is 0.306 e. The standard InChI is InChI=1S/C19H23NO5S.C3H8.C2H6/c1-22-7-2-8-24-17-9-14(3-5-16(17)18-10-20-13-26-18)11-23-12-15-4-6-19(21)25-15;1-3-2;1-2/h3,5,9-10,13,15H,2,4,6-8,11-12H2,1H3;3H2,1-2H3;1-2H3. The molecule has 1 fully saturated rings. The molecule has 0 amide bonds. The first-order valence-electron chi connectivity index (χ1n) is 11.1. The molecule has 6 nitrogen and oxygen atoms in total. The molecule has 0 saturated carbocycles. The van der Waals surface area contributed by atoms with Crippen molar-refractivity contribution >= 4 is 17.3 Å². The lowest BCUT2D eigenvalue weighted by Crippen LogP contribution is -2.15. The fraction of sp³-hybridized carbons (Fsp3) is 0.583. The number of aromatic nitrogens is 1. The first-order valence-corrected chi connectivity index (χ1v) is 12.0. The van der Waals surface area contributed by atoms with E-state index in [1.807, 2.05) is 43.8 Å². The number of carbonyl (C=O) groups is 1. The van der Waals surface area contributed by atoms with Crippen molar-refractivity contribution in [3.63, 3.8) is 0 Å². The lowest BCUT2D eigenvalue weighted by Gasteiger charge is -2.14. The van der Waals surface area contributed by atoms with Crippen molar-refractivity contribution in [3.8, 4) is 16.2 Å². The van der Waals surface area contributed by atoms with Crippen molar-refractivity contribution in [1.82, 2.24) is 4.98 Å². The second-order valence-electron chi connectivity index (χ2n) is 6.76. The number of methoxy groups -OCH3 is 1. The summed E-state index contributed by atoms with van der Waals surface area (Å²) in [7, 11) is 1.68. The van der Waals surface area contributed by atoms with Crippen LogP contribution in [0.2, 0.25) is 0 Å². The Bertz CT molecular complexity index is 721. The Kier molecular flexibility index (Phi) is 14.6. The number of benzene rings is 1. The molecule has 0 bridgehead atoms. The van der Waals surface area contributed by atoms with Crippen molar-refractivity contribution in [2.45, 2.75) is 66.1 Å². The largest absolute Gasteiger partial charge is 0.493 e. The number of thiazole rings is 1. The zero-order valence-electron chi connectivity index (χ0n) is 19.5. The molecule has 1 aliphatic rings. The van der Waals surface area contributed by atoms with E-state index in [0.29, 0.717) is 32.8 Å². The average Bonchev–Trinajstić information content (AvgIpc) is 3.46. The fourth-order valence-corrected chi connectivity index (χ4v) is 3.37. The Morgan fingerprint density at radius 1 is 1.23 bits per heavy atom. The first-order chi connectivity index (χ1) is 15.2. The molecule has 174 valence electrons. The van der Waals surface area contributed by atoms with Gasteiger partial charge in [-0.2, -0.15) is 0 Å². The quantitative estimate of drug-likeness (QED) is 0.331. The highest BCUT2D eigenvalue weighted by molar-refractivity contribution is 7.13. The van der Waals surface area contributed by atoms with Gasteiger partial charge in [-0.1, -0.05) is 40.2 Å². The first kappa shape index (κ1) is 27.1. The van der Waals surface area contributed by atoms with Crippen molar-refractivity contribution in [2.75, 3.05) is 26.9 Å². The summed E-state index contributed by atoms with van der Waals surface area (Å²) in [6.07, 6.45) is 5.01. The van der Waals surface area contributed by atoms with E-state index in [-0.39, 0.29) is 12.1 Å². The molecule has 0 radical (unpaired) electrons. The fourth-order valence-electron chi connectivity index (χ4n) is 2.72. The van der Waals surface area contributed by atoms with Gasteiger partial charge in [-0.25, -0.2) is 0 Å². The molecule has 31 heavy (non-hydrogen) atoms. The molecular weight excluding hydrogens is 414 g/mol. The molecule has 1 aromatic heterocycles.